The van der Waals surface area contributed by atoms with E-state index in [2.05, 4.69) is 34.6 Å². The molecule has 0 spiro atoms. The summed E-state index contributed by atoms with van der Waals surface area (Å²) in [6.45, 7) is 6.87. The molecule has 3 heterocycles. The number of nitrogens with zero attached hydrogens (tertiary/aromatic N) is 3. The summed E-state index contributed by atoms with van der Waals surface area (Å²) in [4.78, 5) is 28.1. The minimum atomic E-state index is -0.0642. The molecule has 4 rings (SSSR count). The van der Waals surface area contributed by atoms with Crippen molar-refractivity contribution in [3.05, 3.63) is 29.2 Å². The van der Waals surface area contributed by atoms with Crippen LogP contribution in [0.3, 0.4) is 0 Å². The van der Waals surface area contributed by atoms with Gasteiger partial charge in [0.1, 0.15) is 5.82 Å². The number of aromatic nitrogens is 3. The van der Waals surface area contributed by atoms with Crippen LogP contribution in [0.4, 0.5) is 5.82 Å². The molecular weight excluding hydrogens is 402 g/mol. The number of halogens is 1. The molecule has 0 unspecified atom stereocenters. The summed E-state index contributed by atoms with van der Waals surface area (Å²) in [5, 5.41) is 10.9. The number of anilines is 1. The number of amides is 2. The van der Waals surface area contributed by atoms with Crippen LogP contribution in [0.25, 0.3) is 11.1 Å². The van der Waals surface area contributed by atoms with E-state index in [1.165, 1.54) is 12.6 Å². The lowest BCUT2D eigenvalue weighted by molar-refractivity contribution is -0.119. The van der Waals surface area contributed by atoms with Gasteiger partial charge in [0.05, 0.1) is 11.2 Å². The Hall–Kier alpha value is -2.41. The predicted molar refractivity (Wildman–Crippen MR) is 116 cm³/mol. The van der Waals surface area contributed by atoms with Crippen molar-refractivity contribution in [2.45, 2.75) is 65.5 Å². The number of fused-ring (bicyclic) bond motifs is 1. The molecule has 1 aliphatic carbocycles. The smallest absolute Gasteiger partial charge is 0.225 e. The van der Waals surface area contributed by atoms with E-state index in [-0.39, 0.29) is 29.2 Å². The summed E-state index contributed by atoms with van der Waals surface area (Å²) < 4.78 is 2.04. The summed E-state index contributed by atoms with van der Waals surface area (Å²) in [5.41, 5.74) is 3.18. The molecule has 2 N–H and O–H groups in total. The topological polar surface area (TPSA) is 88.9 Å². The van der Waals surface area contributed by atoms with E-state index in [4.69, 9.17) is 11.6 Å². The fourth-order valence-corrected chi connectivity index (χ4v) is 4.93. The Morgan fingerprint density at radius 2 is 2.07 bits per heavy atom. The second-order valence-corrected chi connectivity index (χ2v) is 9.79. The van der Waals surface area contributed by atoms with Gasteiger partial charge in [0.25, 0.3) is 0 Å². The maximum absolute atomic E-state index is 12.6. The second-order valence-electron chi connectivity index (χ2n) is 9.38. The second kappa shape index (κ2) is 8.02. The molecule has 2 amide bonds. The molecule has 2 aromatic rings. The van der Waals surface area contributed by atoms with Crippen LogP contribution in [0.1, 0.15) is 52.1 Å². The number of nitrogens with one attached hydrogen (secondary N) is 2. The standard InChI is InChI=1S/C22H28ClN5O2/c1-13(29)26-15-5-4-14(6-15)7-21(30)27-20-8-16(18(23)11-24-20)17-10-25-28-12-22(2,3)9-19(17)28/h8,10-11,14-15H,4-7,9,12H2,1-3H3,(H,26,29)(H,24,27,30)/t14-,15-/m1/s1. The number of pyridine rings is 1. The molecule has 8 heteroatoms. The van der Waals surface area contributed by atoms with Crippen LogP contribution in [0, 0.1) is 11.3 Å². The Bertz CT molecular complexity index is 984. The zero-order valence-corrected chi connectivity index (χ0v) is 18.4. The van der Waals surface area contributed by atoms with Gasteiger partial charge in [0, 0.05) is 48.9 Å². The minimum Gasteiger partial charge on any atom is -0.354 e. The van der Waals surface area contributed by atoms with Crippen LogP contribution in [0.15, 0.2) is 18.5 Å². The van der Waals surface area contributed by atoms with Gasteiger partial charge >= 0.3 is 0 Å². The summed E-state index contributed by atoms with van der Waals surface area (Å²) in [6, 6.07) is 2.01. The van der Waals surface area contributed by atoms with Crippen LogP contribution < -0.4 is 10.6 Å². The van der Waals surface area contributed by atoms with E-state index in [1.807, 2.05) is 16.9 Å². The van der Waals surface area contributed by atoms with Gasteiger partial charge in [0.2, 0.25) is 11.8 Å². The molecule has 0 radical (unpaired) electrons. The lowest BCUT2D eigenvalue weighted by Gasteiger charge is -2.15. The van der Waals surface area contributed by atoms with Crippen molar-refractivity contribution >= 4 is 29.2 Å². The van der Waals surface area contributed by atoms with Gasteiger partial charge < -0.3 is 10.6 Å². The molecule has 0 aromatic carbocycles. The van der Waals surface area contributed by atoms with E-state index >= 15 is 0 Å². The Morgan fingerprint density at radius 1 is 1.27 bits per heavy atom. The van der Waals surface area contributed by atoms with E-state index in [0.717, 1.165) is 43.4 Å². The van der Waals surface area contributed by atoms with Crippen molar-refractivity contribution in [2.24, 2.45) is 11.3 Å². The summed E-state index contributed by atoms with van der Waals surface area (Å²) in [6.07, 6.45) is 7.48. The lowest BCUT2D eigenvalue weighted by atomic mass is 9.89. The molecule has 7 nitrogen and oxygen atoms in total. The molecule has 2 aliphatic rings. The van der Waals surface area contributed by atoms with Crippen LogP contribution in [0.5, 0.6) is 0 Å². The number of carbonyl (C=O) groups is 2. The highest BCUT2D eigenvalue weighted by Crippen LogP contribution is 2.39. The van der Waals surface area contributed by atoms with E-state index in [1.54, 1.807) is 6.20 Å². The monoisotopic (exact) mass is 429 g/mol. The average molecular weight is 430 g/mol. The summed E-state index contributed by atoms with van der Waals surface area (Å²) in [7, 11) is 0. The molecule has 0 saturated heterocycles. The quantitative estimate of drug-likeness (QED) is 0.756. The van der Waals surface area contributed by atoms with Crippen LogP contribution >= 0.6 is 11.6 Å². The van der Waals surface area contributed by atoms with Gasteiger partial charge in [-0.1, -0.05) is 25.4 Å². The molecule has 0 bridgehead atoms. The SMILES string of the molecule is CC(=O)N[C@@H]1CC[C@@H](CC(=O)Nc2cc(-c3cnn4c3CC(C)(C)C4)c(Cl)cn2)C1. The Balaban J connectivity index is 1.43. The number of rotatable bonds is 5. The average Bonchev–Trinajstić information content (AvgIpc) is 3.30. The van der Waals surface area contributed by atoms with E-state index in [9.17, 15) is 9.59 Å². The highest BCUT2D eigenvalue weighted by atomic mass is 35.5. The van der Waals surface area contributed by atoms with Crippen LogP contribution in [-0.4, -0.2) is 32.6 Å². The highest BCUT2D eigenvalue weighted by Gasteiger charge is 2.32. The van der Waals surface area contributed by atoms with Crippen molar-refractivity contribution in [1.82, 2.24) is 20.1 Å². The summed E-state index contributed by atoms with van der Waals surface area (Å²) >= 11 is 6.45. The van der Waals surface area contributed by atoms with Gasteiger partial charge in [-0.2, -0.15) is 5.10 Å². The summed E-state index contributed by atoms with van der Waals surface area (Å²) in [5.74, 6) is 0.687. The van der Waals surface area contributed by atoms with Crippen molar-refractivity contribution < 1.29 is 9.59 Å². The maximum atomic E-state index is 12.6. The van der Waals surface area contributed by atoms with Gasteiger partial charge in [-0.15, -0.1) is 0 Å². The predicted octanol–water partition coefficient (Wildman–Crippen LogP) is 3.81. The van der Waals surface area contributed by atoms with Crippen LogP contribution in [0.2, 0.25) is 5.02 Å². The molecule has 2 atom stereocenters. The molecule has 1 aliphatic heterocycles. The highest BCUT2D eigenvalue weighted by molar-refractivity contribution is 6.33. The minimum absolute atomic E-state index is 0.0157. The van der Waals surface area contributed by atoms with E-state index < -0.39 is 0 Å². The first-order chi connectivity index (χ1) is 14.2. The largest absolute Gasteiger partial charge is 0.354 e. The lowest BCUT2D eigenvalue weighted by Crippen LogP contribution is -2.30. The van der Waals surface area contributed by atoms with Gasteiger partial charge in [-0.05, 0) is 43.1 Å². The third-order valence-corrected chi connectivity index (χ3v) is 6.31. The third-order valence-electron chi connectivity index (χ3n) is 6.01. The molecule has 1 saturated carbocycles. The van der Waals surface area contributed by atoms with E-state index in [0.29, 0.717) is 17.3 Å². The Labute approximate surface area is 181 Å². The fraction of sp³-hybridized carbons (Fsp3) is 0.545. The normalized spacial score (nSPS) is 22.0. The molecular formula is C22H28ClN5O2. The maximum Gasteiger partial charge on any atom is 0.225 e. The molecule has 2 aromatic heterocycles. The Morgan fingerprint density at radius 3 is 2.83 bits per heavy atom. The Kier molecular flexibility index (Phi) is 5.57. The number of hydrogen-bond donors (Lipinski definition) is 2. The van der Waals surface area contributed by atoms with Gasteiger partial charge in [0.15, 0.2) is 0 Å². The molecule has 30 heavy (non-hydrogen) atoms. The first-order valence-corrected chi connectivity index (χ1v) is 10.9. The molecule has 160 valence electrons. The van der Waals surface area contributed by atoms with Gasteiger partial charge in [-0.3, -0.25) is 14.3 Å². The zero-order valence-electron chi connectivity index (χ0n) is 17.7. The van der Waals surface area contributed by atoms with Crippen molar-refractivity contribution in [2.75, 3.05) is 5.32 Å². The first kappa shape index (κ1) is 20.8. The van der Waals surface area contributed by atoms with Crippen molar-refractivity contribution in [3.8, 4) is 11.1 Å². The van der Waals surface area contributed by atoms with Crippen molar-refractivity contribution in [1.29, 1.82) is 0 Å². The number of carbonyl (C=O) groups excluding carboxylic acids is 2. The first-order valence-electron chi connectivity index (χ1n) is 10.5. The number of hydrogen-bond acceptors (Lipinski definition) is 4. The van der Waals surface area contributed by atoms with Crippen molar-refractivity contribution in [3.63, 3.8) is 0 Å². The third kappa shape index (κ3) is 4.51. The zero-order chi connectivity index (χ0) is 21.5. The van der Waals surface area contributed by atoms with Gasteiger partial charge in [-0.25, -0.2) is 4.98 Å². The fourth-order valence-electron chi connectivity index (χ4n) is 4.72. The molecule has 1 fully saturated rings. The van der Waals surface area contributed by atoms with Crippen LogP contribution in [-0.2, 0) is 22.6 Å².